The first-order chi connectivity index (χ1) is 8.04. The van der Waals surface area contributed by atoms with Gasteiger partial charge in [-0.1, -0.05) is 78.5 Å². The van der Waals surface area contributed by atoms with Gasteiger partial charge in [-0.3, -0.25) is 0 Å². The van der Waals surface area contributed by atoms with Crippen LogP contribution in [0.3, 0.4) is 0 Å². The van der Waals surface area contributed by atoms with Gasteiger partial charge in [0.2, 0.25) is 0 Å². The smallest absolute Gasteiger partial charge is 0.0194 e. The standard InChI is InChI=1S/C17H27P.ClH/c1-8-13-9-11-14(12-10-13)17(18,15(2,3)4)16(5,6)7;/h8-12H,1,18H2,2-7H3;1H. The Balaban J connectivity index is 0.00000324. The highest BCUT2D eigenvalue weighted by Crippen LogP contribution is 2.57. The summed E-state index contributed by atoms with van der Waals surface area (Å²) in [6.45, 7) is 17.7. The molecule has 108 valence electrons. The van der Waals surface area contributed by atoms with Crippen molar-refractivity contribution in [1.82, 2.24) is 0 Å². The molecule has 0 bridgehead atoms. The van der Waals surface area contributed by atoms with E-state index in [0.29, 0.717) is 0 Å². The average Bonchev–Trinajstić information content (AvgIpc) is 2.25. The van der Waals surface area contributed by atoms with Gasteiger partial charge < -0.3 is 0 Å². The Morgan fingerprint density at radius 1 is 0.895 bits per heavy atom. The lowest BCUT2D eigenvalue weighted by molar-refractivity contribution is 0.140. The Morgan fingerprint density at radius 3 is 1.53 bits per heavy atom. The largest absolute Gasteiger partial charge is 0.147 e. The molecule has 0 aromatic heterocycles. The molecule has 1 aromatic carbocycles. The Labute approximate surface area is 127 Å². The first-order valence-corrected chi connectivity index (χ1v) is 7.13. The summed E-state index contributed by atoms with van der Waals surface area (Å²) >= 11 is 0. The van der Waals surface area contributed by atoms with E-state index < -0.39 is 0 Å². The first-order valence-electron chi connectivity index (χ1n) is 6.56. The topological polar surface area (TPSA) is 0 Å². The zero-order valence-electron chi connectivity index (χ0n) is 13.1. The minimum atomic E-state index is 0. The molecule has 0 saturated carbocycles. The predicted molar refractivity (Wildman–Crippen MR) is 94.1 cm³/mol. The van der Waals surface area contributed by atoms with E-state index in [1.54, 1.807) is 0 Å². The minimum Gasteiger partial charge on any atom is -0.147 e. The van der Waals surface area contributed by atoms with Crippen molar-refractivity contribution in [3.05, 3.63) is 42.0 Å². The van der Waals surface area contributed by atoms with Crippen molar-refractivity contribution in [2.45, 2.75) is 46.7 Å². The molecule has 0 amide bonds. The number of benzene rings is 1. The summed E-state index contributed by atoms with van der Waals surface area (Å²) in [6, 6.07) is 8.78. The second-order valence-electron chi connectivity index (χ2n) is 7.13. The van der Waals surface area contributed by atoms with Crippen LogP contribution in [0.15, 0.2) is 30.8 Å². The van der Waals surface area contributed by atoms with Crippen molar-refractivity contribution in [3.63, 3.8) is 0 Å². The van der Waals surface area contributed by atoms with Crippen LogP contribution in [-0.4, -0.2) is 0 Å². The summed E-state index contributed by atoms with van der Waals surface area (Å²) in [4.78, 5) is 0. The summed E-state index contributed by atoms with van der Waals surface area (Å²) in [6.07, 6.45) is 1.89. The van der Waals surface area contributed by atoms with Gasteiger partial charge in [0.05, 0.1) is 0 Å². The van der Waals surface area contributed by atoms with Gasteiger partial charge in [-0.25, -0.2) is 0 Å². The lowest BCUT2D eigenvalue weighted by Gasteiger charge is -2.51. The second-order valence-corrected chi connectivity index (χ2v) is 8.00. The third kappa shape index (κ3) is 3.41. The zero-order valence-corrected chi connectivity index (χ0v) is 15.1. The van der Waals surface area contributed by atoms with Crippen LogP contribution in [0.4, 0.5) is 0 Å². The van der Waals surface area contributed by atoms with E-state index in [-0.39, 0.29) is 28.4 Å². The highest BCUT2D eigenvalue weighted by molar-refractivity contribution is 7.18. The Kier molecular flexibility index (Phi) is 5.88. The summed E-state index contributed by atoms with van der Waals surface area (Å²) < 4.78 is 0. The summed E-state index contributed by atoms with van der Waals surface area (Å²) in [5.74, 6) is 0. The molecule has 0 aliphatic carbocycles. The molecular weight excluding hydrogens is 271 g/mol. The lowest BCUT2D eigenvalue weighted by atomic mass is 9.62. The van der Waals surface area contributed by atoms with Crippen molar-refractivity contribution in [1.29, 1.82) is 0 Å². The molecule has 0 radical (unpaired) electrons. The quantitative estimate of drug-likeness (QED) is 0.595. The van der Waals surface area contributed by atoms with E-state index in [1.807, 2.05) is 6.08 Å². The van der Waals surface area contributed by atoms with Crippen molar-refractivity contribution in [2.75, 3.05) is 0 Å². The molecule has 2 heteroatoms. The molecule has 0 saturated heterocycles. The van der Waals surface area contributed by atoms with Gasteiger partial charge in [-0.05, 0) is 22.0 Å². The molecule has 0 aliphatic heterocycles. The van der Waals surface area contributed by atoms with Crippen LogP contribution in [0, 0.1) is 10.8 Å². The number of hydrogen-bond acceptors (Lipinski definition) is 0. The molecule has 1 rings (SSSR count). The van der Waals surface area contributed by atoms with Gasteiger partial charge in [0, 0.05) is 5.16 Å². The van der Waals surface area contributed by atoms with Gasteiger partial charge in [-0.2, -0.15) is 0 Å². The van der Waals surface area contributed by atoms with E-state index in [1.165, 1.54) is 11.1 Å². The normalized spacial score (nSPS) is 12.8. The maximum absolute atomic E-state index is 3.82. The van der Waals surface area contributed by atoms with Crippen LogP contribution in [0.5, 0.6) is 0 Å². The maximum atomic E-state index is 3.82. The fraction of sp³-hybridized carbons (Fsp3) is 0.529. The van der Waals surface area contributed by atoms with E-state index in [0.717, 1.165) is 0 Å². The van der Waals surface area contributed by atoms with Gasteiger partial charge in [0.25, 0.3) is 0 Å². The third-order valence-electron chi connectivity index (χ3n) is 3.97. The van der Waals surface area contributed by atoms with Crippen LogP contribution in [-0.2, 0) is 5.16 Å². The van der Waals surface area contributed by atoms with E-state index >= 15 is 0 Å². The van der Waals surface area contributed by atoms with Crippen molar-refractivity contribution in [3.8, 4) is 0 Å². The molecule has 0 fully saturated rings. The molecule has 0 heterocycles. The van der Waals surface area contributed by atoms with Gasteiger partial charge >= 0.3 is 0 Å². The molecule has 1 aromatic rings. The van der Waals surface area contributed by atoms with Gasteiger partial charge in [-0.15, -0.1) is 21.6 Å². The molecule has 0 spiro atoms. The van der Waals surface area contributed by atoms with Gasteiger partial charge in [0.15, 0.2) is 0 Å². The third-order valence-corrected chi connectivity index (χ3v) is 6.03. The zero-order chi connectivity index (χ0) is 14.2. The summed E-state index contributed by atoms with van der Waals surface area (Å²) in [5.41, 5.74) is 2.89. The molecular formula is C17H28ClP. The first kappa shape index (κ1) is 18.7. The van der Waals surface area contributed by atoms with Crippen LogP contribution >= 0.6 is 21.6 Å². The van der Waals surface area contributed by atoms with E-state index in [4.69, 9.17) is 0 Å². The Bertz CT molecular complexity index is 404. The summed E-state index contributed by atoms with van der Waals surface area (Å²) in [7, 11) is 3.13. The van der Waals surface area contributed by atoms with E-state index in [9.17, 15) is 0 Å². The lowest BCUT2D eigenvalue weighted by Crippen LogP contribution is -2.45. The predicted octanol–water partition coefficient (Wildman–Crippen LogP) is 5.91. The Hall–Kier alpha value is -0.320. The molecule has 0 nitrogen and oxygen atoms in total. The fourth-order valence-electron chi connectivity index (χ4n) is 2.87. The summed E-state index contributed by atoms with van der Waals surface area (Å²) in [5, 5.41) is 0.0414. The highest BCUT2D eigenvalue weighted by atomic mass is 35.5. The number of rotatable bonds is 2. The molecule has 1 atom stereocenters. The minimum absolute atomic E-state index is 0. The fourth-order valence-corrected chi connectivity index (χ4v) is 3.07. The monoisotopic (exact) mass is 298 g/mol. The van der Waals surface area contributed by atoms with Gasteiger partial charge in [0.1, 0.15) is 0 Å². The second kappa shape index (κ2) is 5.98. The highest BCUT2D eigenvalue weighted by Gasteiger charge is 2.47. The van der Waals surface area contributed by atoms with Crippen LogP contribution in [0.1, 0.15) is 52.7 Å². The molecule has 19 heavy (non-hydrogen) atoms. The number of halogens is 1. The molecule has 0 N–H and O–H groups in total. The molecule has 0 aliphatic rings. The van der Waals surface area contributed by atoms with Crippen LogP contribution in [0.25, 0.3) is 6.08 Å². The average molecular weight is 299 g/mol. The van der Waals surface area contributed by atoms with Crippen LogP contribution in [0.2, 0.25) is 0 Å². The SMILES string of the molecule is C=Cc1ccc(C(P)(C(C)(C)C)C(C)(C)C)cc1.Cl. The van der Waals surface area contributed by atoms with Crippen LogP contribution < -0.4 is 0 Å². The van der Waals surface area contributed by atoms with Crippen molar-refractivity contribution in [2.24, 2.45) is 10.8 Å². The van der Waals surface area contributed by atoms with E-state index in [2.05, 4.69) is 81.6 Å². The van der Waals surface area contributed by atoms with Crippen molar-refractivity contribution >= 4 is 27.7 Å². The maximum Gasteiger partial charge on any atom is 0.0194 e. The Morgan fingerprint density at radius 2 is 1.26 bits per heavy atom. The molecule has 1 unspecified atom stereocenters. The number of hydrogen-bond donors (Lipinski definition) is 0. The van der Waals surface area contributed by atoms with Crippen molar-refractivity contribution < 1.29 is 0 Å².